The lowest BCUT2D eigenvalue weighted by molar-refractivity contribution is 0.398. The predicted octanol–water partition coefficient (Wildman–Crippen LogP) is 1.87. The number of ether oxygens (including phenoxy) is 1. The second-order valence-corrected chi connectivity index (χ2v) is 3.88. The molecule has 0 fully saturated rings. The summed E-state index contributed by atoms with van der Waals surface area (Å²) in [5.74, 6) is 4.97. The van der Waals surface area contributed by atoms with Crippen LogP contribution >= 0.6 is 11.8 Å². The predicted molar refractivity (Wildman–Crippen MR) is 65.4 cm³/mol. The Hall–Kier alpha value is -1.34. The molecule has 1 heterocycles. The Kier molecular flexibility index (Phi) is 5.49. The zero-order valence-corrected chi connectivity index (χ0v) is 9.51. The molecule has 1 aromatic rings. The molecule has 0 spiro atoms. The van der Waals surface area contributed by atoms with Crippen molar-refractivity contribution in [3.8, 4) is 18.2 Å². The molecule has 0 saturated carbocycles. The molecule has 0 aromatic carbocycles. The van der Waals surface area contributed by atoms with Crippen LogP contribution in [-0.4, -0.2) is 30.1 Å². The molecule has 0 aliphatic heterocycles. The highest BCUT2D eigenvalue weighted by Gasteiger charge is 1.95. The fourth-order valence-corrected chi connectivity index (χ4v) is 1.54. The van der Waals surface area contributed by atoms with Crippen molar-refractivity contribution >= 4 is 17.4 Å². The average Bonchev–Trinajstić information content (AvgIpc) is 2.29. The van der Waals surface area contributed by atoms with Crippen molar-refractivity contribution in [2.75, 3.05) is 30.5 Å². The normalized spacial score (nSPS) is 9.33. The average molecular weight is 222 g/mol. The maximum absolute atomic E-state index is 5.14. The van der Waals surface area contributed by atoms with Gasteiger partial charge in [-0.05, 0) is 6.07 Å². The summed E-state index contributed by atoms with van der Waals surface area (Å²) in [6.45, 7) is 0.888. The van der Waals surface area contributed by atoms with Gasteiger partial charge in [-0.1, -0.05) is 5.92 Å². The van der Waals surface area contributed by atoms with E-state index in [1.807, 2.05) is 12.1 Å². The summed E-state index contributed by atoms with van der Waals surface area (Å²) < 4.78 is 5.02. The van der Waals surface area contributed by atoms with Crippen LogP contribution in [0.1, 0.15) is 0 Å². The minimum Gasteiger partial charge on any atom is -0.481 e. The number of methoxy groups -OCH3 is 1. The van der Waals surface area contributed by atoms with E-state index in [0.29, 0.717) is 5.88 Å². The number of thioether (sulfide) groups is 1. The van der Waals surface area contributed by atoms with Gasteiger partial charge in [0, 0.05) is 30.2 Å². The molecule has 0 aliphatic rings. The highest BCUT2D eigenvalue weighted by Crippen LogP contribution is 2.13. The van der Waals surface area contributed by atoms with Crippen LogP contribution in [0, 0.1) is 12.3 Å². The number of anilines is 1. The summed E-state index contributed by atoms with van der Waals surface area (Å²) in [6, 6.07) is 3.78. The quantitative estimate of drug-likeness (QED) is 0.588. The van der Waals surface area contributed by atoms with Crippen molar-refractivity contribution in [1.82, 2.24) is 4.98 Å². The molecule has 1 N–H and O–H groups in total. The van der Waals surface area contributed by atoms with Gasteiger partial charge in [-0.25, -0.2) is 4.98 Å². The lowest BCUT2D eigenvalue weighted by Gasteiger charge is -2.06. The lowest BCUT2D eigenvalue weighted by Crippen LogP contribution is -2.04. The molecule has 4 heteroatoms. The van der Waals surface area contributed by atoms with Crippen LogP contribution in [0.3, 0.4) is 0 Å². The zero-order valence-electron chi connectivity index (χ0n) is 8.69. The third-order valence-corrected chi connectivity index (χ3v) is 2.57. The van der Waals surface area contributed by atoms with Crippen LogP contribution in [0.15, 0.2) is 18.3 Å². The van der Waals surface area contributed by atoms with E-state index in [9.17, 15) is 0 Å². The smallest absolute Gasteiger partial charge is 0.214 e. The minimum atomic E-state index is 0.622. The molecule has 0 radical (unpaired) electrons. The Morgan fingerprint density at radius 3 is 3.27 bits per heavy atom. The highest BCUT2D eigenvalue weighted by atomic mass is 32.2. The van der Waals surface area contributed by atoms with E-state index in [-0.39, 0.29) is 0 Å². The van der Waals surface area contributed by atoms with Crippen molar-refractivity contribution in [3.63, 3.8) is 0 Å². The molecule has 80 valence electrons. The number of nitrogens with zero attached hydrogens (tertiary/aromatic N) is 1. The Bertz CT molecular complexity index is 336. The SMILES string of the molecule is C#CCSCCNc1ccnc(OC)c1. The Morgan fingerprint density at radius 1 is 1.67 bits per heavy atom. The Balaban J connectivity index is 2.28. The molecule has 1 rings (SSSR count). The first-order chi connectivity index (χ1) is 7.36. The van der Waals surface area contributed by atoms with E-state index in [0.717, 1.165) is 23.7 Å². The van der Waals surface area contributed by atoms with Crippen molar-refractivity contribution in [1.29, 1.82) is 0 Å². The molecule has 0 saturated heterocycles. The zero-order chi connectivity index (χ0) is 10.9. The first-order valence-electron chi connectivity index (χ1n) is 4.62. The van der Waals surface area contributed by atoms with Gasteiger partial charge in [0.1, 0.15) is 0 Å². The third kappa shape index (κ3) is 4.61. The van der Waals surface area contributed by atoms with E-state index < -0.39 is 0 Å². The number of rotatable bonds is 6. The summed E-state index contributed by atoms with van der Waals surface area (Å²) >= 11 is 1.74. The van der Waals surface area contributed by atoms with E-state index in [2.05, 4.69) is 16.2 Å². The van der Waals surface area contributed by atoms with Gasteiger partial charge in [0.25, 0.3) is 0 Å². The molecule has 0 atom stereocenters. The molecule has 0 bridgehead atoms. The largest absolute Gasteiger partial charge is 0.481 e. The van der Waals surface area contributed by atoms with Crippen LogP contribution in [0.2, 0.25) is 0 Å². The number of pyridine rings is 1. The summed E-state index contributed by atoms with van der Waals surface area (Å²) in [5, 5.41) is 3.27. The van der Waals surface area contributed by atoms with Gasteiger partial charge in [0.15, 0.2) is 0 Å². The minimum absolute atomic E-state index is 0.622. The number of hydrogen-bond acceptors (Lipinski definition) is 4. The number of nitrogens with one attached hydrogen (secondary N) is 1. The van der Waals surface area contributed by atoms with Crippen LogP contribution < -0.4 is 10.1 Å². The summed E-state index contributed by atoms with van der Waals surface area (Å²) in [6.07, 6.45) is 6.86. The number of hydrogen-bond donors (Lipinski definition) is 1. The van der Waals surface area contributed by atoms with Gasteiger partial charge >= 0.3 is 0 Å². The summed E-state index contributed by atoms with van der Waals surface area (Å²) in [7, 11) is 1.61. The maximum Gasteiger partial charge on any atom is 0.214 e. The van der Waals surface area contributed by atoms with Crippen LogP contribution in [0.4, 0.5) is 5.69 Å². The van der Waals surface area contributed by atoms with Crippen molar-refractivity contribution in [3.05, 3.63) is 18.3 Å². The van der Waals surface area contributed by atoms with E-state index in [4.69, 9.17) is 11.2 Å². The van der Waals surface area contributed by atoms with Crippen molar-refractivity contribution in [2.24, 2.45) is 0 Å². The third-order valence-electron chi connectivity index (χ3n) is 1.70. The molecule has 3 nitrogen and oxygen atoms in total. The number of terminal acetylenes is 1. The van der Waals surface area contributed by atoms with Crippen molar-refractivity contribution < 1.29 is 4.74 Å². The van der Waals surface area contributed by atoms with Gasteiger partial charge in [-0.2, -0.15) is 0 Å². The standard InChI is InChI=1S/C11H14N2OS/c1-3-7-15-8-6-12-10-4-5-13-11(9-10)14-2/h1,4-5,9H,6-8H2,2H3,(H,12,13). The fourth-order valence-electron chi connectivity index (χ4n) is 1.03. The Morgan fingerprint density at radius 2 is 2.53 bits per heavy atom. The van der Waals surface area contributed by atoms with Gasteiger partial charge in [0.2, 0.25) is 5.88 Å². The van der Waals surface area contributed by atoms with E-state index in [1.54, 1.807) is 25.1 Å². The molecule has 15 heavy (non-hydrogen) atoms. The van der Waals surface area contributed by atoms with Crippen LogP contribution in [-0.2, 0) is 0 Å². The molecule has 0 unspecified atom stereocenters. The van der Waals surface area contributed by atoms with Gasteiger partial charge in [0.05, 0.1) is 12.9 Å². The maximum atomic E-state index is 5.14. The second-order valence-electron chi connectivity index (χ2n) is 2.77. The van der Waals surface area contributed by atoms with Crippen LogP contribution in [0.25, 0.3) is 0 Å². The van der Waals surface area contributed by atoms with Gasteiger partial charge in [-0.15, -0.1) is 18.2 Å². The molecular weight excluding hydrogens is 208 g/mol. The topological polar surface area (TPSA) is 34.2 Å². The van der Waals surface area contributed by atoms with Gasteiger partial charge in [-0.3, -0.25) is 0 Å². The monoisotopic (exact) mass is 222 g/mol. The molecule has 1 aromatic heterocycles. The highest BCUT2D eigenvalue weighted by molar-refractivity contribution is 7.99. The van der Waals surface area contributed by atoms with Crippen LogP contribution in [0.5, 0.6) is 5.88 Å². The number of aromatic nitrogens is 1. The lowest BCUT2D eigenvalue weighted by atomic mass is 10.4. The second kappa shape index (κ2) is 7.02. The van der Waals surface area contributed by atoms with Gasteiger partial charge < -0.3 is 10.1 Å². The molecule has 0 amide bonds. The summed E-state index contributed by atoms with van der Waals surface area (Å²) in [4.78, 5) is 4.02. The Labute approximate surface area is 94.6 Å². The molecular formula is C11H14N2OS. The first kappa shape index (κ1) is 11.7. The first-order valence-corrected chi connectivity index (χ1v) is 5.77. The molecule has 0 aliphatic carbocycles. The van der Waals surface area contributed by atoms with Crippen molar-refractivity contribution in [2.45, 2.75) is 0 Å². The summed E-state index contributed by atoms with van der Waals surface area (Å²) in [5.41, 5.74) is 1.02. The van der Waals surface area contributed by atoms with E-state index >= 15 is 0 Å². The fraction of sp³-hybridized carbons (Fsp3) is 0.364. The van der Waals surface area contributed by atoms with E-state index in [1.165, 1.54) is 0 Å².